The first-order chi connectivity index (χ1) is 38.2. The molecule has 1 saturated heterocycles. The van der Waals surface area contributed by atoms with Crippen LogP contribution in [0.3, 0.4) is 0 Å². The molecule has 7 unspecified atom stereocenters. The first kappa shape index (κ1) is 74.2. The fraction of sp³-hybridized carbons (Fsp3) is 0.910. The van der Waals surface area contributed by atoms with Gasteiger partial charge in [-0.3, -0.25) is 9.59 Å². The molecule has 11 heteroatoms. The van der Waals surface area contributed by atoms with E-state index in [4.69, 9.17) is 14.2 Å². The lowest BCUT2D eigenvalue weighted by atomic mass is 9.99. The van der Waals surface area contributed by atoms with Gasteiger partial charge in [-0.05, 0) is 57.8 Å². The summed E-state index contributed by atoms with van der Waals surface area (Å²) in [6.45, 7) is 4.36. The van der Waals surface area contributed by atoms with Crippen molar-refractivity contribution in [1.82, 2.24) is 5.32 Å². The van der Waals surface area contributed by atoms with E-state index >= 15 is 0 Å². The SMILES string of the molecule is CCCCCCCCCCCC/C=C/C(O)C(COC1OC(CO)C(O)C(O)C1O)NC(=O)CCCCCCCCCCCCC/C=C\CCCCCCCCCCCCCCOC(=O)CCCCCCCCCCCCC. The van der Waals surface area contributed by atoms with E-state index in [0.717, 1.165) is 57.8 Å². The fourth-order valence-electron chi connectivity index (χ4n) is 10.7. The summed E-state index contributed by atoms with van der Waals surface area (Å²) in [7, 11) is 0. The first-order valence-electron chi connectivity index (χ1n) is 33.6. The number of carbonyl (C=O) groups excluding carboxylic acids is 2. The minimum atomic E-state index is -1.57. The number of aliphatic hydroxyl groups is 5. The molecule has 0 aromatic heterocycles. The summed E-state index contributed by atoms with van der Waals surface area (Å²) < 4.78 is 16.7. The smallest absolute Gasteiger partial charge is 0.305 e. The molecule has 0 aromatic carbocycles. The summed E-state index contributed by atoms with van der Waals surface area (Å²) in [5.74, 6) is -0.176. The van der Waals surface area contributed by atoms with Crippen LogP contribution in [0.15, 0.2) is 24.3 Å². The van der Waals surface area contributed by atoms with Gasteiger partial charge in [0, 0.05) is 12.8 Å². The normalized spacial score (nSPS) is 18.6. The molecule has 6 N–H and O–H groups in total. The monoisotopic (exact) mass is 1110 g/mol. The van der Waals surface area contributed by atoms with E-state index in [1.54, 1.807) is 6.08 Å². The maximum absolute atomic E-state index is 13.0. The molecule has 0 saturated carbocycles. The van der Waals surface area contributed by atoms with E-state index in [1.807, 2.05) is 6.08 Å². The van der Waals surface area contributed by atoms with Gasteiger partial charge >= 0.3 is 5.97 Å². The largest absolute Gasteiger partial charge is 0.466 e. The maximum atomic E-state index is 13.0. The number of aliphatic hydroxyl groups excluding tert-OH is 5. The summed E-state index contributed by atoms with van der Waals surface area (Å²) in [5, 5.41) is 54.4. The molecule has 1 aliphatic heterocycles. The molecule has 0 aromatic rings. The zero-order valence-electron chi connectivity index (χ0n) is 50.9. The molecule has 1 heterocycles. The summed E-state index contributed by atoms with van der Waals surface area (Å²) in [6, 6.07) is -0.810. The Balaban J connectivity index is 2.00. The van der Waals surface area contributed by atoms with Crippen LogP contribution < -0.4 is 5.32 Å². The first-order valence-corrected chi connectivity index (χ1v) is 33.6. The number of hydrogen-bond donors (Lipinski definition) is 6. The topological polar surface area (TPSA) is 175 Å². The van der Waals surface area contributed by atoms with Crippen molar-refractivity contribution in [3.63, 3.8) is 0 Å². The molecule has 11 nitrogen and oxygen atoms in total. The van der Waals surface area contributed by atoms with Gasteiger partial charge in [-0.1, -0.05) is 282 Å². The Kier molecular flexibility index (Phi) is 54.2. The molecule has 0 spiro atoms. The molecule has 1 fully saturated rings. The Morgan fingerprint density at radius 3 is 1.23 bits per heavy atom. The molecule has 78 heavy (non-hydrogen) atoms. The van der Waals surface area contributed by atoms with Crippen molar-refractivity contribution in [1.29, 1.82) is 0 Å². The standard InChI is InChI=1S/C67H127NO10/c1-3-5-7-9-11-13-15-34-37-41-45-49-53-60(70)59(58-77-67-66(75)65(74)64(73)61(57-69)78-67)68-62(71)54-50-46-42-38-35-31-29-27-25-23-21-19-17-16-18-20-22-24-26-28-30-32-36-40-44-48-52-56-76-63(72)55-51-47-43-39-33-14-12-10-8-6-4-2/h16-17,49,53,59-61,64-67,69-70,73-75H,3-15,18-48,50-52,54-58H2,1-2H3,(H,68,71)/b17-16-,53-49+. The van der Waals surface area contributed by atoms with Gasteiger partial charge in [-0.15, -0.1) is 0 Å². The number of amides is 1. The van der Waals surface area contributed by atoms with Gasteiger partial charge in [0.25, 0.3) is 0 Å². The molecule has 0 bridgehead atoms. The van der Waals surface area contributed by atoms with Crippen molar-refractivity contribution in [3.8, 4) is 0 Å². The molecule has 1 aliphatic rings. The Bertz CT molecular complexity index is 1350. The van der Waals surface area contributed by atoms with Crippen molar-refractivity contribution in [2.24, 2.45) is 0 Å². The Hall–Kier alpha value is -1.86. The summed E-state index contributed by atoms with van der Waals surface area (Å²) in [5.41, 5.74) is 0. The van der Waals surface area contributed by atoms with Gasteiger partial charge in [0.2, 0.25) is 5.91 Å². The molecule has 7 atom stereocenters. The van der Waals surface area contributed by atoms with Crippen LogP contribution in [0, 0.1) is 0 Å². The minimum Gasteiger partial charge on any atom is -0.466 e. The molecular weight excluding hydrogens is 979 g/mol. The predicted octanol–water partition coefficient (Wildman–Crippen LogP) is 16.5. The van der Waals surface area contributed by atoms with Gasteiger partial charge in [-0.2, -0.15) is 0 Å². The second kappa shape index (κ2) is 57.0. The van der Waals surface area contributed by atoms with E-state index in [9.17, 15) is 35.1 Å². The second-order valence-electron chi connectivity index (χ2n) is 23.5. The number of carbonyl (C=O) groups is 2. The van der Waals surface area contributed by atoms with Crippen LogP contribution in [-0.2, 0) is 23.8 Å². The number of ether oxygens (including phenoxy) is 3. The number of nitrogens with one attached hydrogen (secondary N) is 1. The molecule has 1 rings (SSSR count). The highest BCUT2D eigenvalue weighted by atomic mass is 16.7. The maximum Gasteiger partial charge on any atom is 0.305 e. The van der Waals surface area contributed by atoms with Crippen LogP contribution in [0.2, 0.25) is 0 Å². The van der Waals surface area contributed by atoms with E-state index in [1.165, 1.54) is 244 Å². The summed E-state index contributed by atoms with van der Waals surface area (Å²) in [6.07, 6.45) is 60.1. The minimum absolute atomic E-state index is 0.00559. The summed E-state index contributed by atoms with van der Waals surface area (Å²) in [4.78, 5) is 25.1. The third-order valence-electron chi connectivity index (χ3n) is 16.1. The van der Waals surface area contributed by atoms with Gasteiger partial charge in [0.1, 0.15) is 24.4 Å². The molecular formula is C67H127NO10. The second-order valence-corrected chi connectivity index (χ2v) is 23.5. The van der Waals surface area contributed by atoms with E-state index in [-0.39, 0.29) is 18.5 Å². The van der Waals surface area contributed by atoms with Crippen LogP contribution in [0.1, 0.15) is 328 Å². The average molecular weight is 1110 g/mol. The van der Waals surface area contributed by atoms with Crippen LogP contribution in [-0.4, -0.2) is 100 Å². The van der Waals surface area contributed by atoms with Crippen molar-refractivity contribution < 1.29 is 49.3 Å². The lowest BCUT2D eigenvalue weighted by Crippen LogP contribution is -2.60. The van der Waals surface area contributed by atoms with Crippen molar-refractivity contribution in [2.75, 3.05) is 19.8 Å². The van der Waals surface area contributed by atoms with Crippen LogP contribution in [0.25, 0.3) is 0 Å². The highest BCUT2D eigenvalue weighted by Gasteiger charge is 2.44. The molecule has 0 radical (unpaired) electrons. The average Bonchev–Trinajstić information content (AvgIpc) is 3.44. The van der Waals surface area contributed by atoms with Gasteiger partial charge in [0.05, 0.1) is 32.0 Å². The zero-order chi connectivity index (χ0) is 56.6. The number of allylic oxidation sites excluding steroid dienone is 3. The number of esters is 1. The number of unbranched alkanes of at least 4 members (excludes halogenated alkanes) is 43. The molecule has 1 amide bonds. The van der Waals surface area contributed by atoms with Crippen molar-refractivity contribution in [2.45, 2.75) is 371 Å². The Morgan fingerprint density at radius 2 is 0.821 bits per heavy atom. The van der Waals surface area contributed by atoms with Gasteiger partial charge in [-0.25, -0.2) is 0 Å². The van der Waals surface area contributed by atoms with Crippen LogP contribution >= 0.6 is 0 Å². The van der Waals surface area contributed by atoms with Crippen LogP contribution in [0.4, 0.5) is 0 Å². The van der Waals surface area contributed by atoms with E-state index in [0.29, 0.717) is 19.4 Å². The highest BCUT2D eigenvalue weighted by molar-refractivity contribution is 5.76. The lowest BCUT2D eigenvalue weighted by molar-refractivity contribution is -0.302. The third kappa shape index (κ3) is 45.7. The van der Waals surface area contributed by atoms with E-state index in [2.05, 4.69) is 31.3 Å². The highest BCUT2D eigenvalue weighted by Crippen LogP contribution is 2.23. The van der Waals surface area contributed by atoms with E-state index < -0.39 is 49.5 Å². The van der Waals surface area contributed by atoms with Gasteiger partial charge < -0.3 is 45.1 Å². The molecule has 460 valence electrons. The van der Waals surface area contributed by atoms with Crippen LogP contribution in [0.5, 0.6) is 0 Å². The van der Waals surface area contributed by atoms with Crippen molar-refractivity contribution in [3.05, 3.63) is 24.3 Å². The fourth-order valence-corrected chi connectivity index (χ4v) is 10.7. The quantitative estimate of drug-likeness (QED) is 0.0195. The lowest BCUT2D eigenvalue weighted by Gasteiger charge is -2.40. The predicted molar refractivity (Wildman–Crippen MR) is 324 cm³/mol. The molecule has 0 aliphatic carbocycles. The zero-order valence-corrected chi connectivity index (χ0v) is 50.9. The van der Waals surface area contributed by atoms with Gasteiger partial charge in [0.15, 0.2) is 6.29 Å². The van der Waals surface area contributed by atoms with Crippen molar-refractivity contribution >= 4 is 11.9 Å². The Labute approximate surface area is 480 Å². The Morgan fingerprint density at radius 1 is 0.462 bits per heavy atom. The number of rotatable bonds is 59. The summed E-state index contributed by atoms with van der Waals surface area (Å²) >= 11 is 0. The third-order valence-corrected chi connectivity index (χ3v) is 16.1. The number of hydrogen-bond acceptors (Lipinski definition) is 10.